The largest absolute Gasteiger partial charge is 0.412 e. The van der Waals surface area contributed by atoms with Gasteiger partial charge in [-0.05, 0) is 38.6 Å². The number of nitrogens with one attached hydrogen (secondary N) is 1. The Kier molecular flexibility index (Phi) is 29.5. The lowest BCUT2D eigenvalue weighted by atomic mass is 9.77. The first-order valence-corrected chi connectivity index (χ1v) is 9.53. The van der Waals surface area contributed by atoms with Gasteiger partial charge in [0.15, 0.2) is 0 Å². The lowest BCUT2D eigenvalue weighted by molar-refractivity contribution is -0.125. The molecule has 5 N–H and O–H groups in total. The average Bonchev–Trinajstić information content (AvgIpc) is 2.42. The van der Waals surface area contributed by atoms with Crippen LogP contribution in [0.4, 0.5) is 0 Å². The van der Waals surface area contributed by atoms with Gasteiger partial charge in [-0.2, -0.15) is 0 Å². The van der Waals surface area contributed by atoms with Crippen molar-refractivity contribution in [1.82, 2.24) is 5.32 Å². The van der Waals surface area contributed by atoms with E-state index in [0.717, 1.165) is 12.8 Å². The molecule has 0 rings (SSSR count). The second-order valence-corrected chi connectivity index (χ2v) is 7.11. The highest BCUT2D eigenvalue weighted by molar-refractivity contribution is 5.78. The minimum atomic E-state index is -0.167. The molecule has 0 radical (unpaired) electrons. The molecule has 0 atom stereocenters. The molecule has 0 bridgehead atoms. The molecule has 152 valence electrons. The minimum absolute atomic E-state index is 0. The third kappa shape index (κ3) is 26.3. The van der Waals surface area contributed by atoms with E-state index in [1.165, 1.54) is 6.42 Å². The Labute approximate surface area is 153 Å². The van der Waals surface area contributed by atoms with Gasteiger partial charge >= 0.3 is 0 Å². The van der Waals surface area contributed by atoms with Crippen LogP contribution in [0.5, 0.6) is 0 Å². The molecule has 0 heterocycles. The average molecular weight is 351 g/mol. The van der Waals surface area contributed by atoms with Gasteiger partial charge in [-0.25, -0.2) is 0 Å². The first-order chi connectivity index (χ1) is 10.5. The maximum Gasteiger partial charge on any atom is 0.222 e. The molecule has 0 saturated carbocycles. The molecule has 4 heteroatoms. The molecule has 0 spiro atoms. The van der Waals surface area contributed by atoms with Crippen molar-refractivity contribution in [1.29, 1.82) is 0 Å². The van der Waals surface area contributed by atoms with Crippen LogP contribution in [0, 0.1) is 11.3 Å². The zero-order valence-electron chi connectivity index (χ0n) is 18.9. The number of hydrogen-bond acceptors (Lipinski definition) is 2. The summed E-state index contributed by atoms with van der Waals surface area (Å²) in [6.07, 6.45) is 3.17. The molecule has 0 aromatic carbocycles. The Morgan fingerprint density at radius 3 is 1.58 bits per heavy atom. The molecular weight excluding hydrogens is 300 g/mol. The standard InChI is InChI=1S/C13H28N2O.C3H8.2C2H6.H2O/c1-10(2)11(16)15-13(5,6)9-12(3,4)7-8-14;1-3-2;2*1-2;/h10H,7-9,14H2,1-6H3,(H,15,16);3H2,1-2H3;2*1-2H3;1H2. The third-order valence-electron chi connectivity index (χ3n) is 2.73. The van der Waals surface area contributed by atoms with Gasteiger partial charge in [-0.1, -0.05) is 75.7 Å². The normalized spacial score (nSPS) is 9.92. The molecule has 24 heavy (non-hydrogen) atoms. The van der Waals surface area contributed by atoms with Gasteiger partial charge < -0.3 is 16.5 Å². The third-order valence-corrected chi connectivity index (χ3v) is 2.73. The fraction of sp³-hybridized carbons (Fsp3) is 0.950. The van der Waals surface area contributed by atoms with E-state index in [2.05, 4.69) is 46.9 Å². The van der Waals surface area contributed by atoms with E-state index in [1.807, 2.05) is 41.5 Å². The summed E-state index contributed by atoms with van der Waals surface area (Å²) in [5, 5.41) is 3.09. The van der Waals surface area contributed by atoms with Crippen molar-refractivity contribution in [2.24, 2.45) is 17.1 Å². The van der Waals surface area contributed by atoms with Gasteiger partial charge in [0, 0.05) is 11.5 Å². The lowest BCUT2D eigenvalue weighted by Crippen LogP contribution is -2.47. The molecule has 0 aromatic rings. The van der Waals surface area contributed by atoms with Crippen molar-refractivity contribution < 1.29 is 10.3 Å². The van der Waals surface area contributed by atoms with E-state index >= 15 is 0 Å². The Hall–Kier alpha value is -0.610. The van der Waals surface area contributed by atoms with E-state index in [4.69, 9.17) is 5.73 Å². The van der Waals surface area contributed by atoms with Crippen molar-refractivity contribution >= 4 is 5.91 Å². The second-order valence-electron chi connectivity index (χ2n) is 7.11. The monoisotopic (exact) mass is 350 g/mol. The summed E-state index contributed by atoms with van der Waals surface area (Å²) < 4.78 is 0. The molecular formula is C20H50N2O2. The first-order valence-electron chi connectivity index (χ1n) is 9.53. The van der Waals surface area contributed by atoms with Crippen LogP contribution >= 0.6 is 0 Å². The summed E-state index contributed by atoms with van der Waals surface area (Å²) in [5.41, 5.74) is 5.60. The highest BCUT2D eigenvalue weighted by Gasteiger charge is 2.29. The second kappa shape index (κ2) is 20.4. The van der Waals surface area contributed by atoms with E-state index in [0.29, 0.717) is 6.54 Å². The quantitative estimate of drug-likeness (QED) is 0.710. The van der Waals surface area contributed by atoms with E-state index in [-0.39, 0.29) is 28.3 Å². The molecule has 4 nitrogen and oxygen atoms in total. The van der Waals surface area contributed by atoms with Gasteiger partial charge in [-0.3, -0.25) is 4.79 Å². The van der Waals surface area contributed by atoms with Gasteiger partial charge in [0.1, 0.15) is 0 Å². The fourth-order valence-electron chi connectivity index (χ4n) is 2.20. The van der Waals surface area contributed by atoms with Crippen LogP contribution in [0.1, 0.15) is 102 Å². The topological polar surface area (TPSA) is 86.6 Å². The summed E-state index contributed by atoms with van der Waals surface area (Å²) in [7, 11) is 0. The predicted molar refractivity (Wildman–Crippen MR) is 111 cm³/mol. The smallest absolute Gasteiger partial charge is 0.222 e. The maximum absolute atomic E-state index is 11.7. The Balaban J connectivity index is -0.000000131. The zero-order valence-corrected chi connectivity index (χ0v) is 18.9. The minimum Gasteiger partial charge on any atom is -0.412 e. The van der Waals surface area contributed by atoms with Crippen molar-refractivity contribution in [3.05, 3.63) is 0 Å². The number of carbonyl (C=O) groups excluding carboxylic acids is 1. The first kappa shape index (κ1) is 34.7. The highest BCUT2D eigenvalue weighted by atomic mass is 16.2. The van der Waals surface area contributed by atoms with Crippen LogP contribution in [0.25, 0.3) is 0 Å². The molecule has 1 amide bonds. The van der Waals surface area contributed by atoms with Crippen molar-refractivity contribution in [2.75, 3.05) is 6.54 Å². The van der Waals surface area contributed by atoms with Crippen molar-refractivity contribution in [2.45, 2.75) is 108 Å². The molecule has 0 aliphatic heterocycles. The zero-order chi connectivity index (χ0) is 19.7. The summed E-state index contributed by atoms with van der Waals surface area (Å²) in [6, 6.07) is 0. The van der Waals surface area contributed by atoms with Crippen molar-refractivity contribution in [3.8, 4) is 0 Å². The predicted octanol–water partition coefficient (Wildman–Crippen LogP) is 4.95. The summed E-state index contributed by atoms with van der Waals surface area (Å²) in [4.78, 5) is 11.7. The highest BCUT2D eigenvalue weighted by Crippen LogP contribution is 2.30. The molecule has 0 unspecified atom stereocenters. The maximum atomic E-state index is 11.7. The van der Waals surface area contributed by atoms with Gasteiger partial charge in [0.25, 0.3) is 0 Å². The molecule has 0 aliphatic rings. The number of rotatable bonds is 6. The number of nitrogens with two attached hydrogens (primary N) is 1. The van der Waals surface area contributed by atoms with Crippen LogP contribution in [-0.4, -0.2) is 23.5 Å². The van der Waals surface area contributed by atoms with Crippen molar-refractivity contribution in [3.63, 3.8) is 0 Å². The van der Waals surface area contributed by atoms with Crippen LogP contribution in [0.15, 0.2) is 0 Å². The summed E-state index contributed by atoms with van der Waals surface area (Å²) in [6.45, 7) is 25.3. The Bertz CT molecular complexity index is 250. The van der Waals surface area contributed by atoms with Crippen LogP contribution < -0.4 is 11.1 Å². The van der Waals surface area contributed by atoms with Crippen LogP contribution in [0.2, 0.25) is 0 Å². The Morgan fingerprint density at radius 2 is 1.33 bits per heavy atom. The number of hydrogen-bond donors (Lipinski definition) is 2. The SMILES string of the molecule is CC.CC.CC(C)C(=O)NC(C)(C)CC(C)(C)CCN.CCC.O. The molecule has 0 fully saturated rings. The summed E-state index contributed by atoms with van der Waals surface area (Å²) >= 11 is 0. The molecule has 0 saturated heterocycles. The van der Waals surface area contributed by atoms with Gasteiger partial charge in [-0.15, -0.1) is 0 Å². The lowest BCUT2D eigenvalue weighted by Gasteiger charge is -2.36. The fourth-order valence-corrected chi connectivity index (χ4v) is 2.20. The summed E-state index contributed by atoms with van der Waals surface area (Å²) in [5.74, 6) is 0.158. The van der Waals surface area contributed by atoms with Crippen LogP contribution in [0.3, 0.4) is 0 Å². The Morgan fingerprint density at radius 1 is 1.00 bits per heavy atom. The molecule has 0 aliphatic carbocycles. The van der Waals surface area contributed by atoms with Gasteiger partial charge in [0.2, 0.25) is 5.91 Å². The number of carbonyl (C=O) groups is 1. The van der Waals surface area contributed by atoms with E-state index in [9.17, 15) is 4.79 Å². The van der Waals surface area contributed by atoms with E-state index < -0.39 is 0 Å². The van der Waals surface area contributed by atoms with E-state index in [1.54, 1.807) is 0 Å². The van der Waals surface area contributed by atoms with Gasteiger partial charge in [0.05, 0.1) is 0 Å². The number of amides is 1. The molecule has 0 aromatic heterocycles. The van der Waals surface area contributed by atoms with Crippen LogP contribution in [-0.2, 0) is 4.79 Å².